The first-order valence-electron chi connectivity index (χ1n) is 15.3. The summed E-state index contributed by atoms with van der Waals surface area (Å²) in [5.41, 5.74) is 2.81. The Bertz CT molecular complexity index is 1480. The van der Waals surface area contributed by atoms with Crippen molar-refractivity contribution in [2.24, 2.45) is 0 Å². The van der Waals surface area contributed by atoms with Crippen LogP contribution in [0.4, 0.5) is 9.18 Å². The van der Waals surface area contributed by atoms with Gasteiger partial charge in [-0.1, -0.05) is 80.1 Å². The Morgan fingerprint density at radius 3 is 2.63 bits per heavy atom. The van der Waals surface area contributed by atoms with Crippen molar-refractivity contribution in [3.63, 3.8) is 0 Å². The average molecular weight is 584 g/mol. The van der Waals surface area contributed by atoms with Gasteiger partial charge in [0.1, 0.15) is 29.7 Å². The summed E-state index contributed by atoms with van der Waals surface area (Å²) in [5.74, 6) is -0.178. The molecule has 5 aliphatic heterocycles. The van der Waals surface area contributed by atoms with Crippen LogP contribution in [-0.2, 0) is 16.1 Å². The molecule has 5 heterocycles. The first-order chi connectivity index (χ1) is 20.9. The third-order valence-corrected chi connectivity index (χ3v) is 9.79. The molecule has 43 heavy (non-hydrogen) atoms. The number of carbonyl (C=O) groups is 2. The quantitative estimate of drug-likeness (QED) is 0.572. The minimum Gasteiger partial charge on any atom is -0.363 e. The summed E-state index contributed by atoms with van der Waals surface area (Å²) >= 11 is 0. The van der Waals surface area contributed by atoms with E-state index in [1.54, 1.807) is 29.2 Å². The number of nitrogens with one attached hydrogen (secondary N) is 1. The van der Waals surface area contributed by atoms with Crippen LogP contribution in [0.5, 0.6) is 0 Å². The van der Waals surface area contributed by atoms with Crippen molar-refractivity contribution in [1.29, 1.82) is 0 Å². The normalized spacial score (nSPS) is 33.1. The van der Waals surface area contributed by atoms with E-state index >= 15 is 0 Å². The second-order valence-electron chi connectivity index (χ2n) is 12.2. The minimum atomic E-state index is -0.482. The van der Waals surface area contributed by atoms with Gasteiger partial charge in [0.05, 0.1) is 12.6 Å². The van der Waals surface area contributed by atoms with Gasteiger partial charge < -0.3 is 15.0 Å². The fourth-order valence-electron chi connectivity index (χ4n) is 7.91. The van der Waals surface area contributed by atoms with E-state index in [-0.39, 0.29) is 55.0 Å². The Labute approximate surface area is 252 Å². The Morgan fingerprint density at radius 2 is 1.86 bits per heavy atom. The highest BCUT2D eigenvalue weighted by atomic mass is 19.1. The van der Waals surface area contributed by atoms with Crippen LogP contribution in [0.25, 0.3) is 0 Å². The lowest BCUT2D eigenvalue weighted by molar-refractivity contribution is -0.285. The molecule has 4 unspecified atom stereocenters. The van der Waals surface area contributed by atoms with Crippen molar-refractivity contribution in [1.82, 2.24) is 25.1 Å². The molecule has 0 saturated carbocycles. The predicted molar refractivity (Wildman–Crippen MR) is 161 cm³/mol. The summed E-state index contributed by atoms with van der Waals surface area (Å²) in [6.07, 6.45) is 11.6. The number of urea groups is 1. The van der Waals surface area contributed by atoms with Crippen LogP contribution in [0.15, 0.2) is 90.6 Å². The highest BCUT2D eigenvalue weighted by Gasteiger charge is 2.69. The number of hydrazine groups is 1. The maximum Gasteiger partial charge on any atom is 0.334 e. The summed E-state index contributed by atoms with van der Waals surface area (Å²) in [6, 6.07) is 16.2. The van der Waals surface area contributed by atoms with Gasteiger partial charge in [-0.2, -0.15) is 0 Å². The smallest absolute Gasteiger partial charge is 0.334 e. The van der Waals surface area contributed by atoms with Gasteiger partial charge in [0, 0.05) is 32.6 Å². The number of rotatable bonds is 5. The molecule has 224 valence electrons. The summed E-state index contributed by atoms with van der Waals surface area (Å²) < 4.78 is 20.0. The van der Waals surface area contributed by atoms with E-state index in [0.717, 1.165) is 24.9 Å². The average Bonchev–Trinajstić information content (AvgIpc) is 3.08. The third-order valence-electron chi connectivity index (χ3n) is 9.79. The lowest BCUT2D eigenvalue weighted by Gasteiger charge is -2.69. The van der Waals surface area contributed by atoms with Gasteiger partial charge in [-0.3, -0.25) is 9.69 Å². The molecule has 2 aromatic rings. The Kier molecular flexibility index (Phi) is 7.19. The second kappa shape index (κ2) is 11.0. The summed E-state index contributed by atoms with van der Waals surface area (Å²) in [4.78, 5) is 32.3. The molecule has 0 radical (unpaired) electrons. The van der Waals surface area contributed by atoms with Crippen LogP contribution >= 0.6 is 0 Å². The topological polar surface area (TPSA) is 68.4 Å². The van der Waals surface area contributed by atoms with Crippen molar-refractivity contribution in [2.75, 3.05) is 26.7 Å². The molecule has 8 nitrogen and oxygen atoms in total. The number of amides is 3. The monoisotopic (exact) mass is 583 g/mol. The van der Waals surface area contributed by atoms with Gasteiger partial charge in [0.2, 0.25) is 5.91 Å². The zero-order chi connectivity index (χ0) is 29.7. The first-order valence-corrected chi connectivity index (χ1v) is 15.3. The lowest BCUT2D eigenvalue weighted by atomic mass is 9.68. The molecule has 6 atom stereocenters. The number of benzene rings is 2. The number of allylic oxidation sites excluding steroid dienone is 3. The fourth-order valence-corrected chi connectivity index (χ4v) is 7.91. The Hall–Kier alpha value is -3.79. The van der Waals surface area contributed by atoms with E-state index < -0.39 is 11.7 Å². The zero-order valence-electron chi connectivity index (χ0n) is 24.6. The van der Waals surface area contributed by atoms with E-state index in [1.807, 2.05) is 11.0 Å². The third kappa shape index (κ3) is 4.53. The molecule has 1 spiro atoms. The largest absolute Gasteiger partial charge is 0.363 e. The maximum absolute atomic E-state index is 13.9. The number of hydrogen-bond acceptors (Lipinski definition) is 5. The number of fused-ring (bicyclic) bond motifs is 2. The van der Waals surface area contributed by atoms with Gasteiger partial charge in [-0.15, -0.1) is 0 Å². The van der Waals surface area contributed by atoms with Crippen molar-refractivity contribution >= 4 is 11.9 Å². The highest BCUT2D eigenvalue weighted by Crippen LogP contribution is 2.53. The van der Waals surface area contributed by atoms with E-state index in [0.29, 0.717) is 6.54 Å². The molecule has 0 aromatic heterocycles. The number of carbonyl (C=O) groups excluding carboxylic acids is 2. The van der Waals surface area contributed by atoms with Gasteiger partial charge in [-0.05, 0) is 41.3 Å². The summed E-state index contributed by atoms with van der Waals surface area (Å²) in [7, 11) is 1.80. The molecule has 0 aliphatic carbocycles. The van der Waals surface area contributed by atoms with Crippen LogP contribution in [0.2, 0.25) is 0 Å². The summed E-state index contributed by atoms with van der Waals surface area (Å²) in [6.45, 7) is 3.77. The van der Waals surface area contributed by atoms with E-state index in [9.17, 15) is 14.0 Å². The minimum absolute atomic E-state index is 0.0250. The van der Waals surface area contributed by atoms with Gasteiger partial charge in [0.15, 0.2) is 0 Å². The molecule has 2 aromatic carbocycles. The van der Waals surface area contributed by atoms with E-state index in [4.69, 9.17) is 4.74 Å². The second-order valence-corrected chi connectivity index (χ2v) is 12.2. The van der Waals surface area contributed by atoms with Gasteiger partial charge >= 0.3 is 6.03 Å². The SMILES string of the molecule is CCC[C@@H]1N2C(=O)CN(C)N(C(=O)NCc3ccc(F)cc3)[C@H]2CN2CC(c3ccccc3)C3=CC4OC(/C=C\C=C/3)C412. The maximum atomic E-state index is 13.9. The summed E-state index contributed by atoms with van der Waals surface area (Å²) in [5, 5.41) is 6.47. The first kappa shape index (κ1) is 28.0. The van der Waals surface area contributed by atoms with Gasteiger partial charge in [0.25, 0.3) is 0 Å². The molecule has 3 amide bonds. The molecular weight excluding hydrogens is 545 g/mol. The van der Waals surface area contributed by atoms with E-state index in [1.165, 1.54) is 23.3 Å². The number of likely N-dealkylation sites (N-methyl/N-ethyl adjacent to an activating group) is 1. The van der Waals surface area contributed by atoms with Crippen LogP contribution in [0.1, 0.15) is 36.8 Å². The zero-order valence-corrected chi connectivity index (χ0v) is 24.6. The number of nitrogens with zero attached hydrogens (tertiary/aromatic N) is 4. The van der Waals surface area contributed by atoms with Crippen molar-refractivity contribution < 1.29 is 18.7 Å². The van der Waals surface area contributed by atoms with Crippen molar-refractivity contribution in [2.45, 2.75) is 62.2 Å². The molecular formula is C34H38FN5O3. The van der Waals surface area contributed by atoms with Gasteiger partial charge in [-0.25, -0.2) is 19.2 Å². The molecule has 5 aliphatic rings. The lowest BCUT2D eigenvalue weighted by Crippen LogP contribution is -2.88. The number of piperazine rings is 1. The molecule has 3 fully saturated rings. The predicted octanol–water partition coefficient (Wildman–Crippen LogP) is 4.19. The molecule has 1 N–H and O–H groups in total. The van der Waals surface area contributed by atoms with E-state index in [2.05, 4.69) is 71.8 Å². The number of hydrogen-bond donors (Lipinski definition) is 1. The standard InChI is InChI=1S/C34H38FN5O3/c1-3-9-28-34-29-13-8-7-12-25(18-30(34)43-29)27(24-10-5-4-6-11-24)20-38(34)21-31-39(28)32(41)22-37(2)40(31)33(42)36-19-23-14-16-26(35)17-15-23/h4-8,10-18,27-31H,3,9,19-22H2,1-2H3,(H,36,42)/b12-7-,13-8-/t27?,28-,29?,30?,31-,34?/m0/s1. The Morgan fingerprint density at radius 1 is 1.07 bits per heavy atom. The van der Waals surface area contributed by atoms with Crippen LogP contribution in [-0.4, -0.2) is 88.4 Å². The van der Waals surface area contributed by atoms with Crippen LogP contribution in [0.3, 0.4) is 0 Å². The Balaban J connectivity index is 1.28. The molecule has 3 bridgehead atoms. The molecule has 7 rings (SSSR count). The van der Waals surface area contributed by atoms with Crippen LogP contribution in [0, 0.1) is 5.82 Å². The fraction of sp³-hybridized carbons (Fsp3) is 0.412. The number of halogens is 1. The van der Waals surface area contributed by atoms with Crippen LogP contribution < -0.4 is 5.32 Å². The molecule has 3 saturated heterocycles. The molecule has 9 heteroatoms. The van der Waals surface area contributed by atoms with Crippen molar-refractivity contribution in [3.8, 4) is 0 Å². The van der Waals surface area contributed by atoms with Crippen molar-refractivity contribution in [3.05, 3.63) is 107 Å². The highest BCUT2D eigenvalue weighted by molar-refractivity contribution is 5.83. The number of ether oxygens (including phenoxy) is 1.